The number of rotatable bonds is 8. The van der Waals surface area contributed by atoms with E-state index in [1.165, 1.54) is 50.8 Å². The smallest absolute Gasteiger partial charge is 0.120 e. The van der Waals surface area contributed by atoms with Crippen molar-refractivity contribution in [2.24, 2.45) is 5.92 Å². The van der Waals surface area contributed by atoms with E-state index in [4.69, 9.17) is 0 Å². The van der Waals surface area contributed by atoms with Crippen LogP contribution in [0.5, 0.6) is 0 Å². The molecule has 1 aromatic rings. The van der Waals surface area contributed by atoms with Crippen LogP contribution < -0.4 is 0 Å². The van der Waals surface area contributed by atoms with E-state index in [-0.39, 0.29) is 0 Å². The molecule has 20 heavy (non-hydrogen) atoms. The summed E-state index contributed by atoms with van der Waals surface area (Å²) < 4.78 is 0. The van der Waals surface area contributed by atoms with Crippen molar-refractivity contribution in [2.45, 2.75) is 44.9 Å². The van der Waals surface area contributed by atoms with Crippen molar-refractivity contribution >= 4 is 6.29 Å². The molecule has 1 aliphatic heterocycles. The zero-order valence-electron chi connectivity index (χ0n) is 12.5. The van der Waals surface area contributed by atoms with Crippen molar-refractivity contribution in [1.82, 2.24) is 4.90 Å². The van der Waals surface area contributed by atoms with E-state index in [9.17, 15) is 4.79 Å². The molecule has 110 valence electrons. The number of hydrogen-bond acceptors (Lipinski definition) is 2. The lowest BCUT2D eigenvalue weighted by atomic mass is 9.92. The van der Waals surface area contributed by atoms with E-state index >= 15 is 0 Å². The van der Waals surface area contributed by atoms with Gasteiger partial charge in [0.05, 0.1) is 0 Å². The number of carbonyl (C=O) groups is 1. The van der Waals surface area contributed by atoms with Crippen molar-refractivity contribution in [1.29, 1.82) is 0 Å². The molecule has 0 saturated carbocycles. The summed E-state index contributed by atoms with van der Waals surface area (Å²) in [7, 11) is 0. The molecule has 0 aliphatic carbocycles. The third-order valence-electron chi connectivity index (χ3n) is 4.32. The standard InChI is InChI=1S/C18H27NO/c20-15-5-4-13-19-14-7-12-18(16-19)11-6-10-17-8-2-1-3-9-17/h1-3,8-9,15,18H,4-7,10-14,16H2. The maximum atomic E-state index is 10.4. The number of unbranched alkanes of at least 4 members (excludes halogenated alkanes) is 1. The molecule has 1 atom stereocenters. The van der Waals surface area contributed by atoms with Crippen LogP contribution in [0.3, 0.4) is 0 Å². The van der Waals surface area contributed by atoms with Gasteiger partial charge in [0.25, 0.3) is 0 Å². The summed E-state index contributed by atoms with van der Waals surface area (Å²) in [6, 6.07) is 10.8. The topological polar surface area (TPSA) is 20.3 Å². The second kappa shape index (κ2) is 8.91. The van der Waals surface area contributed by atoms with Crippen molar-refractivity contribution < 1.29 is 4.79 Å². The van der Waals surface area contributed by atoms with Gasteiger partial charge in [-0.15, -0.1) is 0 Å². The highest BCUT2D eigenvalue weighted by atomic mass is 16.1. The number of aryl methyl sites for hydroxylation is 1. The molecular weight excluding hydrogens is 246 g/mol. The quantitative estimate of drug-likeness (QED) is 0.532. The minimum Gasteiger partial charge on any atom is -0.303 e. The summed E-state index contributed by atoms with van der Waals surface area (Å²) in [5.41, 5.74) is 1.46. The van der Waals surface area contributed by atoms with E-state index in [2.05, 4.69) is 35.2 Å². The summed E-state index contributed by atoms with van der Waals surface area (Å²) in [4.78, 5) is 12.9. The first-order valence-corrected chi connectivity index (χ1v) is 8.08. The second-order valence-electron chi connectivity index (χ2n) is 6.00. The molecule has 1 unspecified atom stereocenters. The molecule has 0 N–H and O–H groups in total. The first kappa shape index (κ1) is 15.2. The van der Waals surface area contributed by atoms with Crippen molar-refractivity contribution in [3.63, 3.8) is 0 Å². The van der Waals surface area contributed by atoms with Crippen LogP contribution in [0.2, 0.25) is 0 Å². The highest BCUT2D eigenvalue weighted by Gasteiger charge is 2.18. The van der Waals surface area contributed by atoms with Gasteiger partial charge in [-0.05, 0) is 63.1 Å². The number of hydrogen-bond donors (Lipinski definition) is 0. The van der Waals surface area contributed by atoms with Crippen molar-refractivity contribution in [3.05, 3.63) is 35.9 Å². The van der Waals surface area contributed by atoms with Crippen LogP contribution in [-0.4, -0.2) is 30.8 Å². The van der Waals surface area contributed by atoms with Crippen LogP contribution >= 0.6 is 0 Å². The molecule has 0 bridgehead atoms. The SMILES string of the molecule is O=CCCCN1CCCC(CCCc2ccccc2)C1. The third-order valence-corrected chi connectivity index (χ3v) is 4.32. The Morgan fingerprint density at radius 1 is 1.20 bits per heavy atom. The van der Waals surface area contributed by atoms with Gasteiger partial charge in [-0.25, -0.2) is 0 Å². The molecule has 0 amide bonds. The van der Waals surface area contributed by atoms with Crippen LogP contribution in [-0.2, 0) is 11.2 Å². The Bertz CT molecular complexity index is 376. The summed E-state index contributed by atoms with van der Waals surface area (Å²) in [5.74, 6) is 0.865. The molecule has 2 rings (SSSR count). The van der Waals surface area contributed by atoms with Crippen molar-refractivity contribution in [3.8, 4) is 0 Å². The van der Waals surface area contributed by atoms with Crippen LogP contribution in [0.1, 0.15) is 44.1 Å². The molecule has 2 nitrogen and oxygen atoms in total. The van der Waals surface area contributed by atoms with Gasteiger partial charge < -0.3 is 9.69 Å². The lowest BCUT2D eigenvalue weighted by Gasteiger charge is -2.32. The van der Waals surface area contributed by atoms with Crippen LogP contribution in [0.4, 0.5) is 0 Å². The maximum absolute atomic E-state index is 10.4. The lowest BCUT2D eigenvalue weighted by molar-refractivity contribution is -0.108. The number of benzene rings is 1. The first-order chi connectivity index (χ1) is 9.88. The first-order valence-electron chi connectivity index (χ1n) is 8.08. The summed E-state index contributed by atoms with van der Waals surface area (Å²) in [5, 5.41) is 0. The fraction of sp³-hybridized carbons (Fsp3) is 0.611. The van der Waals surface area contributed by atoms with Crippen LogP contribution in [0.15, 0.2) is 30.3 Å². The van der Waals surface area contributed by atoms with Crippen molar-refractivity contribution in [2.75, 3.05) is 19.6 Å². The fourth-order valence-corrected chi connectivity index (χ4v) is 3.23. The molecule has 0 aromatic heterocycles. The summed E-state index contributed by atoms with van der Waals surface area (Å²) in [6.07, 6.45) is 9.37. The molecule has 1 aliphatic rings. The molecule has 0 spiro atoms. The highest BCUT2D eigenvalue weighted by Crippen LogP contribution is 2.22. The minimum atomic E-state index is 0.717. The predicted molar refractivity (Wildman–Crippen MR) is 83.8 cm³/mol. The van der Waals surface area contributed by atoms with Crippen LogP contribution in [0.25, 0.3) is 0 Å². The summed E-state index contributed by atoms with van der Waals surface area (Å²) in [6.45, 7) is 3.58. The van der Waals surface area contributed by atoms with Gasteiger partial charge in [-0.1, -0.05) is 30.3 Å². The normalized spacial score (nSPS) is 19.9. The van der Waals surface area contributed by atoms with E-state index in [1.54, 1.807) is 0 Å². The predicted octanol–water partition coefficient (Wildman–Crippen LogP) is 3.70. The number of piperidine rings is 1. The number of likely N-dealkylation sites (tertiary alicyclic amines) is 1. The van der Waals surface area contributed by atoms with E-state index in [1.807, 2.05) is 0 Å². The Labute approximate surface area is 123 Å². The van der Waals surface area contributed by atoms with Gasteiger partial charge in [-0.3, -0.25) is 0 Å². The average Bonchev–Trinajstić information content (AvgIpc) is 2.49. The Hall–Kier alpha value is -1.15. The zero-order chi connectivity index (χ0) is 14.0. The molecule has 1 fully saturated rings. The summed E-state index contributed by atoms with van der Waals surface area (Å²) >= 11 is 0. The average molecular weight is 273 g/mol. The zero-order valence-corrected chi connectivity index (χ0v) is 12.5. The molecule has 1 aromatic carbocycles. The molecule has 0 radical (unpaired) electrons. The molecule has 1 saturated heterocycles. The van der Waals surface area contributed by atoms with Gasteiger partial charge in [0, 0.05) is 13.0 Å². The molecule has 2 heteroatoms. The molecular formula is C18H27NO. The number of nitrogens with zero attached hydrogens (tertiary/aromatic N) is 1. The second-order valence-corrected chi connectivity index (χ2v) is 6.00. The van der Waals surface area contributed by atoms with E-state index in [0.717, 1.165) is 31.6 Å². The Kier molecular flexibility index (Phi) is 6.79. The Morgan fingerprint density at radius 2 is 2.05 bits per heavy atom. The fourth-order valence-electron chi connectivity index (χ4n) is 3.23. The van der Waals surface area contributed by atoms with E-state index < -0.39 is 0 Å². The van der Waals surface area contributed by atoms with Gasteiger partial charge in [-0.2, -0.15) is 0 Å². The maximum Gasteiger partial charge on any atom is 0.120 e. The number of carbonyl (C=O) groups excluding carboxylic acids is 1. The third kappa shape index (κ3) is 5.46. The van der Waals surface area contributed by atoms with Gasteiger partial charge >= 0.3 is 0 Å². The minimum absolute atomic E-state index is 0.717. The van der Waals surface area contributed by atoms with Crippen LogP contribution in [0, 0.1) is 5.92 Å². The largest absolute Gasteiger partial charge is 0.303 e. The Morgan fingerprint density at radius 3 is 2.85 bits per heavy atom. The van der Waals surface area contributed by atoms with Gasteiger partial charge in [0.1, 0.15) is 6.29 Å². The van der Waals surface area contributed by atoms with Gasteiger partial charge in [0.2, 0.25) is 0 Å². The van der Waals surface area contributed by atoms with E-state index in [0.29, 0.717) is 0 Å². The van der Waals surface area contributed by atoms with Gasteiger partial charge in [0.15, 0.2) is 0 Å². The number of aldehydes is 1. The monoisotopic (exact) mass is 273 g/mol. The Balaban J connectivity index is 1.64. The lowest BCUT2D eigenvalue weighted by Crippen LogP contribution is -2.36. The molecule has 1 heterocycles. The highest BCUT2D eigenvalue weighted by molar-refractivity contribution is 5.48.